The quantitative estimate of drug-likeness (QED) is 0.657. The SMILES string of the molecule is CC(CC1CCC(C(C)COC2CC[C@H](C(C)C)C2)C1O)C1CC(O)C1. The van der Waals surface area contributed by atoms with E-state index >= 15 is 0 Å². The minimum atomic E-state index is -0.159. The van der Waals surface area contributed by atoms with Crippen molar-refractivity contribution in [2.24, 2.45) is 41.4 Å². The number of ether oxygens (including phenoxy) is 1. The topological polar surface area (TPSA) is 49.7 Å². The Balaban J connectivity index is 1.39. The summed E-state index contributed by atoms with van der Waals surface area (Å²) in [6, 6.07) is 0. The lowest BCUT2D eigenvalue weighted by Crippen LogP contribution is -2.35. The normalized spacial score (nSPS) is 42.8. The summed E-state index contributed by atoms with van der Waals surface area (Å²) in [6.45, 7) is 10.1. The molecule has 0 aromatic heterocycles. The van der Waals surface area contributed by atoms with Crippen molar-refractivity contribution < 1.29 is 14.9 Å². The third-order valence-corrected chi connectivity index (χ3v) is 8.11. The van der Waals surface area contributed by atoms with E-state index in [1.807, 2.05) is 0 Å². The first-order valence-electron chi connectivity index (χ1n) is 11.3. The van der Waals surface area contributed by atoms with Crippen LogP contribution in [0.15, 0.2) is 0 Å². The molecule has 3 rings (SSSR count). The number of rotatable bonds is 8. The zero-order valence-electron chi connectivity index (χ0n) is 17.4. The molecule has 3 saturated carbocycles. The zero-order chi connectivity index (χ0) is 18.8. The highest BCUT2D eigenvalue weighted by Crippen LogP contribution is 2.43. The highest BCUT2D eigenvalue weighted by molar-refractivity contribution is 4.91. The van der Waals surface area contributed by atoms with E-state index in [0.29, 0.717) is 35.7 Å². The monoisotopic (exact) mass is 366 g/mol. The second-order valence-corrected chi connectivity index (χ2v) is 10.3. The summed E-state index contributed by atoms with van der Waals surface area (Å²) in [7, 11) is 0. The van der Waals surface area contributed by atoms with Crippen LogP contribution in [0.3, 0.4) is 0 Å². The van der Waals surface area contributed by atoms with Crippen molar-refractivity contribution in [3.8, 4) is 0 Å². The molecule has 0 amide bonds. The van der Waals surface area contributed by atoms with Gasteiger partial charge in [-0.3, -0.25) is 0 Å². The van der Waals surface area contributed by atoms with E-state index in [1.165, 1.54) is 19.3 Å². The second kappa shape index (κ2) is 8.92. The van der Waals surface area contributed by atoms with Gasteiger partial charge in [-0.1, -0.05) is 27.7 Å². The van der Waals surface area contributed by atoms with Crippen molar-refractivity contribution in [1.29, 1.82) is 0 Å². The van der Waals surface area contributed by atoms with E-state index in [0.717, 1.165) is 50.5 Å². The lowest BCUT2D eigenvalue weighted by atomic mass is 9.71. The first-order valence-corrected chi connectivity index (χ1v) is 11.3. The number of hydrogen-bond donors (Lipinski definition) is 2. The first kappa shape index (κ1) is 20.6. The Bertz CT molecular complexity index is 431. The molecule has 0 bridgehead atoms. The Morgan fingerprint density at radius 3 is 2.19 bits per heavy atom. The van der Waals surface area contributed by atoms with Crippen LogP contribution >= 0.6 is 0 Å². The summed E-state index contributed by atoms with van der Waals surface area (Å²) in [5.74, 6) is 4.23. The average molecular weight is 367 g/mol. The van der Waals surface area contributed by atoms with Crippen LogP contribution in [0, 0.1) is 41.4 Å². The van der Waals surface area contributed by atoms with Gasteiger partial charge in [0.05, 0.1) is 18.3 Å². The predicted molar refractivity (Wildman–Crippen MR) is 106 cm³/mol. The standard InChI is InChI=1S/C23H42O3/c1-14(2)17-5-7-21(12-17)26-13-16(4)22-8-6-18(23(22)25)9-15(3)19-10-20(24)11-19/h14-25H,5-13H2,1-4H3/t15?,16?,17-,18?,19?,20?,21?,22?,23?/m0/s1. The van der Waals surface area contributed by atoms with Gasteiger partial charge in [-0.25, -0.2) is 0 Å². The number of hydrogen-bond acceptors (Lipinski definition) is 3. The van der Waals surface area contributed by atoms with Gasteiger partial charge in [0.2, 0.25) is 0 Å². The van der Waals surface area contributed by atoms with Gasteiger partial charge in [0, 0.05) is 6.61 Å². The molecule has 7 atom stereocenters. The van der Waals surface area contributed by atoms with Gasteiger partial charge in [0.25, 0.3) is 0 Å². The van der Waals surface area contributed by atoms with Gasteiger partial charge in [0.15, 0.2) is 0 Å². The van der Waals surface area contributed by atoms with Gasteiger partial charge in [-0.2, -0.15) is 0 Å². The summed E-state index contributed by atoms with van der Waals surface area (Å²) < 4.78 is 6.26. The zero-order valence-corrected chi connectivity index (χ0v) is 17.4. The molecule has 3 fully saturated rings. The molecule has 3 nitrogen and oxygen atoms in total. The Labute approximate surface area is 160 Å². The highest BCUT2D eigenvalue weighted by Gasteiger charge is 2.41. The average Bonchev–Trinajstić information content (AvgIpc) is 3.17. The van der Waals surface area contributed by atoms with E-state index in [1.54, 1.807) is 0 Å². The van der Waals surface area contributed by atoms with E-state index in [4.69, 9.17) is 4.74 Å². The lowest BCUT2D eigenvalue weighted by molar-refractivity contribution is -0.0149. The van der Waals surface area contributed by atoms with Crippen LogP contribution < -0.4 is 0 Å². The molecule has 26 heavy (non-hydrogen) atoms. The molecule has 0 heterocycles. The molecule has 3 aliphatic rings. The Kier molecular flexibility index (Phi) is 7.07. The third kappa shape index (κ3) is 4.83. The molecule has 0 aromatic carbocycles. The van der Waals surface area contributed by atoms with E-state index in [2.05, 4.69) is 27.7 Å². The van der Waals surface area contributed by atoms with Gasteiger partial charge >= 0.3 is 0 Å². The van der Waals surface area contributed by atoms with Gasteiger partial charge in [-0.15, -0.1) is 0 Å². The maximum Gasteiger partial charge on any atom is 0.0600 e. The van der Waals surface area contributed by atoms with Crippen molar-refractivity contribution in [3.05, 3.63) is 0 Å². The van der Waals surface area contributed by atoms with Crippen LogP contribution in [0.4, 0.5) is 0 Å². The Morgan fingerprint density at radius 1 is 0.846 bits per heavy atom. The number of aliphatic hydroxyl groups is 2. The summed E-state index contributed by atoms with van der Waals surface area (Å²) >= 11 is 0. The molecule has 0 radical (unpaired) electrons. The molecular weight excluding hydrogens is 324 g/mol. The molecule has 0 aliphatic heterocycles. The largest absolute Gasteiger partial charge is 0.393 e. The van der Waals surface area contributed by atoms with Crippen molar-refractivity contribution in [2.75, 3.05) is 6.61 Å². The fourth-order valence-corrected chi connectivity index (χ4v) is 5.88. The first-order chi connectivity index (χ1) is 12.3. The van der Waals surface area contributed by atoms with Crippen LogP contribution in [0.5, 0.6) is 0 Å². The van der Waals surface area contributed by atoms with Crippen LogP contribution in [0.1, 0.15) is 79.1 Å². The summed E-state index contributed by atoms with van der Waals surface area (Å²) in [4.78, 5) is 0. The van der Waals surface area contributed by atoms with E-state index < -0.39 is 0 Å². The molecule has 0 spiro atoms. The molecule has 3 aliphatic carbocycles. The van der Waals surface area contributed by atoms with Crippen LogP contribution in [0.25, 0.3) is 0 Å². The van der Waals surface area contributed by atoms with Crippen molar-refractivity contribution in [1.82, 2.24) is 0 Å². The van der Waals surface area contributed by atoms with Crippen molar-refractivity contribution >= 4 is 0 Å². The molecule has 0 saturated heterocycles. The Hall–Kier alpha value is -0.120. The maximum atomic E-state index is 10.9. The molecule has 6 unspecified atom stereocenters. The van der Waals surface area contributed by atoms with Crippen LogP contribution in [0.2, 0.25) is 0 Å². The molecule has 3 heteroatoms. The fourth-order valence-electron chi connectivity index (χ4n) is 5.88. The smallest absolute Gasteiger partial charge is 0.0600 e. The molecular formula is C23H42O3. The predicted octanol–water partition coefficient (Wildman–Crippen LogP) is 4.65. The second-order valence-electron chi connectivity index (χ2n) is 10.3. The maximum absolute atomic E-state index is 10.9. The van der Waals surface area contributed by atoms with E-state index in [-0.39, 0.29) is 12.2 Å². The highest BCUT2D eigenvalue weighted by atomic mass is 16.5. The molecule has 0 aromatic rings. The van der Waals surface area contributed by atoms with Gasteiger partial charge in [-0.05, 0) is 92.8 Å². The van der Waals surface area contributed by atoms with Gasteiger partial charge < -0.3 is 14.9 Å². The van der Waals surface area contributed by atoms with Gasteiger partial charge in [0.1, 0.15) is 0 Å². The lowest BCUT2D eigenvalue weighted by Gasteiger charge is -2.37. The number of aliphatic hydroxyl groups excluding tert-OH is 2. The minimum absolute atomic E-state index is 0.0632. The van der Waals surface area contributed by atoms with Crippen LogP contribution in [-0.4, -0.2) is 35.1 Å². The fraction of sp³-hybridized carbons (Fsp3) is 1.00. The summed E-state index contributed by atoms with van der Waals surface area (Å²) in [6.07, 6.45) is 9.36. The molecule has 152 valence electrons. The third-order valence-electron chi connectivity index (χ3n) is 8.11. The minimum Gasteiger partial charge on any atom is -0.393 e. The van der Waals surface area contributed by atoms with Crippen LogP contribution in [-0.2, 0) is 4.74 Å². The molecule has 2 N–H and O–H groups in total. The summed E-state index contributed by atoms with van der Waals surface area (Å²) in [5.41, 5.74) is 0. The van der Waals surface area contributed by atoms with Crippen molar-refractivity contribution in [2.45, 2.75) is 97.4 Å². The van der Waals surface area contributed by atoms with E-state index in [9.17, 15) is 10.2 Å². The van der Waals surface area contributed by atoms with Crippen molar-refractivity contribution in [3.63, 3.8) is 0 Å². The Morgan fingerprint density at radius 2 is 1.58 bits per heavy atom. The summed E-state index contributed by atoms with van der Waals surface area (Å²) in [5, 5.41) is 20.4.